The van der Waals surface area contributed by atoms with E-state index in [0.717, 1.165) is 10.0 Å². The number of carbonyl (C=O) groups excluding carboxylic acids is 2. The van der Waals surface area contributed by atoms with Crippen molar-refractivity contribution >= 4 is 62.8 Å². The van der Waals surface area contributed by atoms with Crippen LogP contribution in [0.25, 0.3) is 0 Å². The Morgan fingerprint density at radius 2 is 1.79 bits per heavy atom. The van der Waals surface area contributed by atoms with E-state index in [0.29, 0.717) is 32.8 Å². The first-order chi connectivity index (χ1) is 16.3. The van der Waals surface area contributed by atoms with Crippen molar-refractivity contribution < 1.29 is 19.1 Å². The largest absolute Gasteiger partial charge is 0.497 e. The van der Waals surface area contributed by atoms with Gasteiger partial charge in [0.2, 0.25) is 11.8 Å². The Bertz CT molecular complexity index is 1200. The zero-order valence-electron chi connectivity index (χ0n) is 18.0. The number of nitrogens with zero attached hydrogens (tertiary/aromatic N) is 1. The van der Waals surface area contributed by atoms with Crippen LogP contribution in [-0.4, -0.2) is 25.1 Å². The highest BCUT2D eigenvalue weighted by Crippen LogP contribution is 2.26. The lowest BCUT2D eigenvalue weighted by Crippen LogP contribution is -2.24. The van der Waals surface area contributed by atoms with Crippen LogP contribution in [0.3, 0.4) is 0 Å². The second-order valence-electron chi connectivity index (χ2n) is 6.95. The highest BCUT2D eigenvalue weighted by atomic mass is 79.9. The van der Waals surface area contributed by atoms with E-state index in [1.807, 2.05) is 6.07 Å². The van der Waals surface area contributed by atoms with Crippen molar-refractivity contribution in [3.05, 3.63) is 86.3 Å². The van der Waals surface area contributed by atoms with E-state index in [-0.39, 0.29) is 13.0 Å². The zero-order chi connectivity index (χ0) is 24.5. The smallest absolute Gasteiger partial charge is 0.249 e. The number of halogens is 3. The average Bonchev–Trinajstić information content (AvgIpc) is 2.80. The average molecular weight is 565 g/mol. The number of benzene rings is 3. The van der Waals surface area contributed by atoms with Gasteiger partial charge in [-0.3, -0.25) is 9.59 Å². The molecule has 3 aromatic rings. The van der Waals surface area contributed by atoms with E-state index in [9.17, 15) is 9.59 Å². The maximum Gasteiger partial charge on any atom is 0.249 e. The zero-order valence-corrected chi connectivity index (χ0v) is 21.1. The monoisotopic (exact) mass is 563 g/mol. The summed E-state index contributed by atoms with van der Waals surface area (Å²) < 4.78 is 11.7. The molecule has 2 N–H and O–H groups in total. The Labute approximate surface area is 215 Å². The SMILES string of the molecule is COc1ccc(NC(=O)CC(=O)NN=Cc2cc(Br)ccc2OCc2ccc(Cl)cc2Cl)cc1. The van der Waals surface area contributed by atoms with E-state index < -0.39 is 11.8 Å². The van der Waals surface area contributed by atoms with Gasteiger partial charge in [-0.15, -0.1) is 0 Å². The normalized spacial score (nSPS) is 10.7. The third-order valence-electron chi connectivity index (χ3n) is 4.46. The number of hydrazone groups is 1. The lowest BCUT2D eigenvalue weighted by atomic mass is 10.2. The maximum absolute atomic E-state index is 12.1. The molecule has 0 saturated heterocycles. The van der Waals surface area contributed by atoms with Gasteiger partial charge in [-0.1, -0.05) is 45.2 Å². The molecule has 3 aromatic carbocycles. The summed E-state index contributed by atoms with van der Waals surface area (Å²) in [6.45, 7) is 0.219. The van der Waals surface area contributed by atoms with E-state index >= 15 is 0 Å². The van der Waals surface area contributed by atoms with Gasteiger partial charge in [0.25, 0.3) is 0 Å². The molecule has 0 aromatic heterocycles. The predicted molar refractivity (Wildman–Crippen MR) is 137 cm³/mol. The Hall–Kier alpha value is -3.07. The molecular weight excluding hydrogens is 545 g/mol. The number of nitrogens with one attached hydrogen (secondary N) is 2. The molecular formula is C24H20BrCl2N3O4. The molecule has 0 unspecified atom stereocenters. The quantitative estimate of drug-likeness (QED) is 0.195. The number of methoxy groups -OCH3 is 1. The Kier molecular flexibility index (Phi) is 9.33. The number of rotatable bonds is 9. The van der Waals surface area contributed by atoms with Gasteiger partial charge in [-0.2, -0.15) is 5.10 Å². The third kappa shape index (κ3) is 7.76. The Morgan fingerprint density at radius 1 is 1.03 bits per heavy atom. The van der Waals surface area contributed by atoms with Gasteiger partial charge in [-0.25, -0.2) is 5.43 Å². The molecule has 2 amide bonds. The standard InChI is InChI=1S/C24H20BrCl2N3O4/c1-33-20-7-5-19(6-8-20)29-23(31)12-24(32)30-28-13-16-10-17(25)3-9-22(16)34-14-15-2-4-18(26)11-21(15)27/h2-11,13H,12,14H2,1H3,(H,29,31)(H,30,32). The van der Waals surface area contributed by atoms with Crippen molar-refractivity contribution in [1.82, 2.24) is 5.43 Å². The number of hydrogen-bond acceptors (Lipinski definition) is 5. The van der Waals surface area contributed by atoms with Gasteiger partial charge in [-0.05, 0) is 54.6 Å². The van der Waals surface area contributed by atoms with Crippen LogP contribution in [-0.2, 0) is 16.2 Å². The molecule has 0 radical (unpaired) electrons. The summed E-state index contributed by atoms with van der Waals surface area (Å²) in [6.07, 6.45) is 1.04. The number of amides is 2. The summed E-state index contributed by atoms with van der Waals surface area (Å²) in [5.41, 5.74) is 4.28. The fourth-order valence-electron chi connectivity index (χ4n) is 2.78. The summed E-state index contributed by atoms with van der Waals surface area (Å²) in [5, 5.41) is 7.62. The first-order valence-corrected chi connectivity index (χ1v) is 11.5. The maximum atomic E-state index is 12.1. The molecule has 34 heavy (non-hydrogen) atoms. The van der Waals surface area contributed by atoms with E-state index in [4.69, 9.17) is 32.7 Å². The Balaban J connectivity index is 1.56. The van der Waals surface area contributed by atoms with Crippen molar-refractivity contribution in [3.8, 4) is 11.5 Å². The van der Waals surface area contributed by atoms with Crippen molar-refractivity contribution in [2.75, 3.05) is 12.4 Å². The van der Waals surface area contributed by atoms with Crippen LogP contribution in [0.2, 0.25) is 10.0 Å². The fraction of sp³-hybridized carbons (Fsp3) is 0.125. The predicted octanol–water partition coefficient (Wildman–Crippen LogP) is 5.82. The molecule has 0 fully saturated rings. The number of anilines is 1. The molecule has 3 rings (SSSR count). The number of ether oxygens (including phenoxy) is 2. The van der Waals surface area contributed by atoms with E-state index in [1.165, 1.54) is 6.21 Å². The molecule has 0 heterocycles. The minimum Gasteiger partial charge on any atom is -0.497 e. The minimum atomic E-state index is -0.562. The lowest BCUT2D eigenvalue weighted by Gasteiger charge is -2.11. The van der Waals surface area contributed by atoms with Crippen molar-refractivity contribution in [3.63, 3.8) is 0 Å². The van der Waals surface area contributed by atoms with E-state index in [1.54, 1.807) is 61.7 Å². The van der Waals surface area contributed by atoms with Gasteiger partial charge in [0.05, 0.1) is 13.3 Å². The first kappa shape index (κ1) is 25.6. The van der Waals surface area contributed by atoms with Crippen molar-refractivity contribution in [1.29, 1.82) is 0 Å². The molecule has 0 spiro atoms. The molecule has 176 valence electrons. The van der Waals surface area contributed by atoms with Crippen LogP contribution < -0.4 is 20.2 Å². The summed E-state index contributed by atoms with van der Waals surface area (Å²) in [7, 11) is 1.55. The lowest BCUT2D eigenvalue weighted by molar-refractivity contribution is -0.126. The third-order valence-corrected chi connectivity index (χ3v) is 5.54. The highest BCUT2D eigenvalue weighted by Gasteiger charge is 2.10. The van der Waals surface area contributed by atoms with Crippen LogP contribution >= 0.6 is 39.1 Å². The van der Waals surface area contributed by atoms with Crippen LogP contribution in [0.15, 0.2) is 70.2 Å². The van der Waals surface area contributed by atoms with Crippen LogP contribution in [0.4, 0.5) is 5.69 Å². The van der Waals surface area contributed by atoms with Crippen LogP contribution in [0, 0.1) is 0 Å². The second-order valence-corrected chi connectivity index (χ2v) is 8.71. The number of carbonyl (C=O) groups is 2. The molecule has 0 aliphatic carbocycles. The topological polar surface area (TPSA) is 89.0 Å². The van der Waals surface area contributed by atoms with Gasteiger partial charge < -0.3 is 14.8 Å². The molecule has 0 bridgehead atoms. The summed E-state index contributed by atoms with van der Waals surface area (Å²) >= 11 is 15.5. The van der Waals surface area contributed by atoms with Gasteiger partial charge >= 0.3 is 0 Å². The van der Waals surface area contributed by atoms with E-state index in [2.05, 4.69) is 31.8 Å². The molecule has 0 atom stereocenters. The highest BCUT2D eigenvalue weighted by molar-refractivity contribution is 9.10. The Morgan fingerprint density at radius 3 is 2.50 bits per heavy atom. The molecule has 10 heteroatoms. The second kappa shape index (κ2) is 12.4. The first-order valence-electron chi connectivity index (χ1n) is 9.96. The van der Waals surface area contributed by atoms with Crippen LogP contribution in [0.1, 0.15) is 17.5 Å². The van der Waals surface area contributed by atoms with Crippen LogP contribution in [0.5, 0.6) is 11.5 Å². The van der Waals surface area contributed by atoms with Gasteiger partial charge in [0.15, 0.2) is 0 Å². The molecule has 0 aliphatic rings. The summed E-state index contributed by atoms with van der Waals surface area (Å²) in [6, 6.07) is 17.3. The minimum absolute atomic E-state index is 0.219. The molecule has 0 aliphatic heterocycles. The molecule has 0 saturated carbocycles. The number of hydrogen-bond donors (Lipinski definition) is 2. The fourth-order valence-corrected chi connectivity index (χ4v) is 3.63. The van der Waals surface area contributed by atoms with Gasteiger partial charge in [0.1, 0.15) is 24.5 Å². The molecule has 7 nitrogen and oxygen atoms in total. The van der Waals surface area contributed by atoms with Crippen molar-refractivity contribution in [2.24, 2.45) is 5.10 Å². The van der Waals surface area contributed by atoms with Crippen molar-refractivity contribution in [2.45, 2.75) is 13.0 Å². The summed E-state index contributed by atoms with van der Waals surface area (Å²) in [5.74, 6) is 0.165. The summed E-state index contributed by atoms with van der Waals surface area (Å²) in [4.78, 5) is 24.2. The van der Waals surface area contributed by atoms with Gasteiger partial charge in [0, 0.05) is 31.3 Å².